The van der Waals surface area contributed by atoms with Crippen molar-refractivity contribution in [3.63, 3.8) is 0 Å². The van der Waals surface area contributed by atoms with Crippen molar-refractivity contribution in [2.75, 3.05) is 12.4 Å². The van der Waals surface area contributed by atoms with Gasteiger partial charge in [-0.25, -0.2) is 4.68 Å². The van der Waals surface area contributed by atoms with Gasteiger partial charge in [-0.05, 0) is 41.1 Å². The molecule has 3 heterocycles. The van der Waals surface area contributed by atoms with E-state index in [-0.39, 0.29) is 17.7 Å². The van der Waals surface area contributed by atoms with Gasteiger partial charge in [0, 0.05) is 28.5 Å². The lowest BCUT2D eigenvalue weighted by molar-refractivity contribution is -0.116. The van der Waals surface area contributed by atoms with E-state index in [2.05, 4.69) is 26.8 Å². The number of allylic oxidation sites excluding steroid dienone is 2. The average molecular weight is 485 g/mol. The Bertz CT molecular complexity index is 1400. The first-order valence-corrected chi connectivity index (χ1v) is 12.4. The minimum atomic E-state index is -0.384. The third-order valence-corrected chi connectivity index (χ3v) is 7.58. The lowest BCUT2D eigenvalue weighted by Gasteiger charge is -2.35. The Kier molecular flexibility index (Phi) is 5.58. The Morgan fingerprint density at radius 1 is 1.09 bits per heavy atom. The van der Waals surface area contributed by atoms with Crippen LogP contribution in [-0.4, -0.2) is 27.7 Å². The quantitative estimate of drug-likeness (QED) is 0.398. The summed E-state index contributed by atoms with van der Waals surface area (Å²) in [5, 5.41) is 9.90. The second-order valence-electron chi connectivity index (χ2n) is 8.68. The van der Waals surface area contributed by atoms with Crippen molar-refractivity contribution in [1.29, 1.82) is 0 Å². The maximum atomic E-state index is 13.6. The van der Waals surface area contributed by atoms with Crippen molar-refractivity contribution in [2.45, 2.75) is 31.4 Å². The Morgan fingerprint density at radius 2 is 1.97 bits per heavy atom. The highest BCUT2D eigenvalue weighted by Crippen LogP contribution is 2.45. The molecular formula is C27H24N4O3S. The summed E-state index contributed by atoms with van der Waals surface area (Å²) in [6, 6.07) is 19.6. The van der Waals surface area contributed by atoms with Crippen LogP contribution < -0.4 is 14.8 Å². The number of fused-ring (bicyclic) bond motifs is 1. The second-order valence-corrected chi connectivity index (χ2v) is 9.66. The molecule has 8 heteroatoms. The number of rotatable bonds is 6. The van der Waals surface area contributed by atoms with E-state index in [4.69, 9.17) is 9.47 Å². The number of ether oxygens (including phenoxy) is 2. The van der Waals surface area contributed by atoms with Crippen molar-refractivity contribution in [3.8, 4) is 11.5 Å². The predicted molar refractivity (Wildman–Crippen MR) is 134 cm³/mol. The molecule has 2 atom stereocenters. The average Bonchev–Trinajstić information content (AvgIpc) is 3.59. The van der Waals surface area contributed by atoms with Crippen molar-refractivity contribution in [2.24, 2.45) is 0 Å². The van der Waals surface area contributed by atoms with E-state index in [1.807, 2.05) is 54.6 Å². The van der Waals surface area contributed by atoms with E-state index < -0.39 is 0 Å². The van der Waals surface area contributed by atoms with Crippen molar-refractivity contribution >= 4 is 23.1 Å². The molecule has 2 unspecified atom stereocenters. The number of benzene rings is 2. The molecule has 1 N–H and O–H groups in total. The highest BCUT2D eigenvalue weighted by atomic mass is 32.1. The summed E-state index contributed by atoms with van der Waals surface area (Å²) < 4.78 is 13.5. The zero-order valence-electron chi connectivity index (χ0n) is 19.2. The molecule has 2 aliphatic rings. The molecule has 1 aliphatic carbocycles. The van der Waals surface area contributed by atoms with Gasteiger partial charge in [-0.1, -0.05) is 42.5 Å². The van der Waals surface area contributed by atoms with Crippen LogP contribution in [-0.2, 0) is 11.4 Å². The lowest BCUT2D eigenvalue weighted by atomic mass is 9.80. The minimum absolute atomic E-state index is 0.130. The summed E-state index contributed by atoms with van der Waals surface area (Å²) in [4.78, 5) is 19.2. The third kappa shape index (κ3) is 4.00. The van der Waals surface area contributed by atoms with Crippen LogP contribution in [0.1, 0.15) is 40.8 Å². The van der Waals surface area contributed by atoms with Crippen LogP contribution in [0.5, 0.6) is 11.5 Å². The highest BCUT2D eigenvalue weighted by molar-refractivity contribution is 7.10. The number of carbonyl (C=O) groups excluding carboxylic acids is 1. The van der Waals surface area contributed by atoms with E-state index in [9.17, 15) is 4.79 Å². The Hall–Kier alpha value is -3.91. The van der Waals surface area contributed by atoms with Gasteiger partial charge in [-0.15, -0.1) is 11.3 Å². The molecule has 0 saturated carbocycles. The molecular weight excluding hydrogens is 460 g/mol. The minimum Gasteiger partial charge on any atom is -0.493 e. The SMILES string of the molecule is COc1ccc(C2C3=C(CC(c4cccs4)CC3=O)Nc3ncnn32)cc1OCc1ccccc1. The number of hydrogen-bond acceptors (Lipinski definition) is 7. The molecule has 0 saturated heterocycles. The predicted octanol–water partition coefficient (Wildman–Crippen LogP) is 5.34. The summed E-state index contributed by atoms with van der Waals surface area (Å²) in [7, 11) is 1.63. The lowest BCUT2D eigenvalue weighted by Crippen LogP contribution is -2.33. The standard InChI is InChI=1S/C27H24N4O3S/c1-33-22-10-9-18(14-23(22)34-15-17-6-3-2-4-7-17)26-25-20(30-27-28-16-29-31(26)27)12-19(13-21(25)32)24-8-5-11-35-24/h2-11,14,16,19,26H,12-13,15H2,1H3,(H,28,29,30). The highest BCUT2D eigenvalue weighted by Gasteiger charge is 2.39. The number of anilines is 1. The van der Waals surface area contributed by atoms with Gasteiger partial charge in [0.05, 0.1) is 7.11 Å². The number of carbonyl (C=O) groups is 1. The number of hydrogen-bond donors (Lipinski definition) is 1. The van der Waals surface area contributed by atoms with E-state index in [0.29, 0.717) is 30.5 Å². The van der Waals surface area contributed by atoms with Gasteiger partial charge in [0.2, 0.25) is 5.95 Å². The maximum absolute atomic E-state index is 13.6. The van der Waals surface area contributed by atoms with Crippen molar-refractivity contribution in [3.05, 3.63) is 99.6 Å². The third-order valence-electron chi connectivity index (χ3n) is 6.55. The number of nitrogens with one attached hydrogen (secondary N) is 1. The largest absolute Gasteiger partial charge is 0.493 e. The zero-order chi connectivity index (χ0) is 23.8. The van der Waals surface area contributed by atoms with Crippen molar-refractivity contribution in [1.82, 2.24) is 14.8 Å². The van der Waals surface area contributed by atoms with Gasteiger partial charge in [0.15, 0.2) is 17.3 Å². The second kappa shape index (κ2) is 9.03. The molecule has 6 rings (SSSR count). The first-order valence-electron chi connectivity index (χ1n) is 11.5. The van der Waals surface area contributed by atoms with Gasteiger partial charge in [0.25, 0.3) is 0 Å². The molecule has 1 aliphatic heterocycles. The first-order chi connectivity index (χ1) is 17.2. The van der Waals surface area contributed by atoms with Crippen molar-refractivity contribution < 1.29 is 14.3 Å². The van der Waals surface area contributed by atoms with E-state index in [1.165, 1.54) is 11.2 Å². The number of methoxy groups -OCH3 is 1. The molecule has 0 bridgehead atoms. The molecule has 0 spiro atoms. The molecule has 7 nitrogen and oxygen atoms in total. The van der Waals surface area contributed by atoms with E-state index in [0.717, 1.165) is 28.8 Å². The zero-order valence-corrected chi connectivity index (χ0v) is 20.0. The Morgan fingerprint density at radius 3 is 2.77 bits per heavy atom. The topological polar surface area (TPSA) is 78.3 Å². The monoisotopic (exact) mass is 484 g/mol. The Balaban J connectivity index is 1.38. The fraction of sp³-hybridized carbons (Fsp3) is 0.222. The van der Waals surface area contributed by atoms with Gasteiger partial charge >= 0.3 is 0 Å². The van der Waals surface area contributed by atoms with Crippen LogP contribution >= 0.6 is 11.3 Å². The molecule has 0 amide bonds. The number of thiophene rings is 1. The summed E-state index contributed by atoms with van der Waals surface area (Å²) in [6.07, 6.45) is 2.76. The molecule has 0 radical (unpaired) electrons. The molecule has 2 aromatic heterocycles. The van der Waals surface area contributed by atoms with Gasteiger partial charge in [-0.2, -0.15) is 10.1 Å². The van der Waals surface area contributed by atoms with Crippen LogP contribution in [0.15, 0.2) is 83.6 Å². The summed E-state index contributed by atoms with van der Waals surface area (Å²) >= 11 is 1.70. The number of ketones is 1. The summed E-state index contributed by atoms with van der Waals surface area (Å²) in [5.74, 6) is 2.20. The van der Waals surface area contributed by atoms with Crippen LogP contribution in [0.2, 0.25) is 0 Å². The normalized spacial score (nSPS) is 19.1. The van der Waals surface area contributed by atoms with Crippen LogP contribution in [0.3, 0.4) is 0 Å². The van der Waals surface area contributed by atoms with Gasteiger partial charge in [-0.3, -0.25) is 4.79 Å². The fourth-order valence-corrected chi connectivity index (χ4v) is 5.73. The molecule has 176 valence electrons. The number of nitrogens with zero attached hydrogens (tertiary/aromatic N) is 3. The number of aromatic nitrogens is 3. The summed E-state index contributed by atoms with van der Waals surface area (Å²) in [6.45, 7) is 0.414. The summed E-state index contributed by atoms with van der Waals surface area (Å²) in [5.41, 5.74) is 3.63. The Labute approximate surface area is 207 Å². The number of Topliss-reactive ketones (excluding diaryl/α,β-unsaturated/α-hetero) is 1. The molecule has 2 aromatic carbocycles. The van der Waals surface area contributed by atoms with Gasteiger partial charge in [0.1, 0.15) is 19.0 Å². The smallest absolute Gasteiger partial charge is 0.226 e. The fourth-order valence-electron chi connectivity index (χ4n) is 4.90. The van der Waals surface area contributed by atoms with E-state index in [1.54, 1.807) is 23.1 Å². The molecule has 0 fully saturated rings. The molecule has 35 heavy (non-hydrogen) atoms. The molecule has 4 aromatic rings. The first kappa shape index (κ1) is 21.6. The van der Waals surface area contributed by atoms with Crippen LogP contribution in [0, 0.1) is 0 Å². The maximum Gasteiger partial charge on any atom is 0.226 e. The van der Waals surface area contributed by atoms with E-state index >= 15 is 0 Å². The van der Waals surface area contributed by atoms with Crippen LogP contribution in [0.25, 0.3) is 0 Å². The van der Waals surface area contributed by atoms with Crippen LogP contribution in [0.4, 0.5) is 5.95 Å². The van der Waals surface area contributed by atoms with Gasteiger partial charge < -0.3 is 14.8 Å².